The smallest absolute Gasteiger partial charge is 0.254 e. The molecule has 2 atom stereocenters. The number of amides is 1. The Bertz CT molecular complexity index is 1560. The molecule has 1 unspecified atom stereocenters. The van der Waals surface area contributed by atoms with Gasteiger partial charge in [-0.05, 0) is 62.2 Å². The lowest BCUT2D eigenvalue weighted by molar-refractivity contribution is -0.116. The lowest BCUT2D eigenvalue weighted by Gasteiger charge is -2.44. The minimum atomic E-state index is -0.689. The monoisotopic (exact) mass is 585 g/mol. The van der Waals surface area contributed by atoms with Gasteiger partial charge in [0, 0.05) is 68.1 Å². The van der Waals surface area contributed by atoms with Crippen LogP contribution in [0.2, 0.25) is 0 Å². The van der Waals surface area contributed by atoms with Crippen molar-refractivity contribution in [3.8, 4) is 0 Å². The Morgan fingerprint density at radius 2 is 1.79 bits per heavy atom. The number of hydrogen-bond acceptors (Lipinski definition) is 6. The molecule has 3 aromatic rings. The van der Waals surface area contributed by atoms with Crippen molar-refractivity contribution in [3.05, 3.63) is 101 Å². The standard InChI is InChI=1S/C34H37F2N5O2/c1-34(2,3)40-15-13-39(14-16-40)21-29-31(33(43)38-32(26-18-30(26)42)22-7-4-8-23(35)17-22)25-10-5-11-28(36)27(25)20-41(29)24-9-6-12-37-19-24/h4-12,17,19,26,32H,13-16,18,20-21H2,1-3H3,(H,38,43)/t26?,32-/m1/s1. The number of benzene rings is 2. The van der Waals surface area contributed by atoms with Crippen molar-refractivity contribution in [3.63, 3.8) is 0 Å². The first-order chi connectivity index (χ1) is 20.6. The van der Waals surface area contributed by atoms with Crippen molar-refractivity contribution in [1.82, 2.24) is 20.1 Å². The Labute approximate surface area is 251 Å². The molecule has 3 heterocycles. The van der Waals surface area contributed by atoms with Crippen LogP contribution in [0.25, 0.3) is 5.57 Å². The second-order valence-electron chi connectivity index (χ2n) is 12.6. The van der Waals surface area contributed by atoms with Crippen molar-refractivity contribution >= 4 is 23.0 Å². The van der Waals surface area contributed by atoms with Gasteiger partial charge in [0.1, 0.15) is 17.4 Å². The minimum Gasteiger partial charge on any atom is -0.344 e. The van der Waals surface area contributed by atoms with Crippen molar-refractivity contribution in [2.75, 3.05) is 37.6 Å². The fraction of sp³-hybridized carbons (Fsp3) is 0.382. The number of Topliss-reactive ketones (excluding diaryl/α,β-unsaturated/α-hetero) is 1. The van der Waals surface area contributed by atoms with E-state index in [1.165, 1.54) is 18.2 Å². The number of aromatic nitrogens is 1. The zero-order valence-electron chi connectivity index (χ0n) is 24.8. The maximum absolute atomic E-state index is 15.4. The van der Waals surface area contributed by atoms with Crippen molar-refractivity contribution < 1.29 is 18.4 Å². The predicted octanol–water partition coefficient (Wildman–Crippen LogP) is 4.95. The van der Waals surface area contributed by atoms with Crippen LogP contribution in [0.3, 0.4) is 0 Å². The second-order valence-corrected chi connectivity index (χ2v) is 12.6. The number of carbonyl (C=O) groups excluding carboxylic acids is 2. The second kappa shape index (κ2) is 11.6. The fourth-order valence-corrected chi connectivity index (χ4v) is 6.26. The van der Waals surface area contributed by atoms with E-state index in [0.29, 0.717) is 35.2 Å². The van der Waals surface area contributed by atoms with Crippen LogP contribution < -0.4 is 10.2 Å². The lowest BCUT2D eigenvalue weighted by Crippen LogP contribution is -2.54. The molecule has 9 heteroatoms. The molecule has 1 aliphatic carbocycles. The number of ketones is 1. The van der Waals surface area contributed by atoms with E-state index in [1.54, 1.807) is 36.7 Å². The van der Waals surface area contributed by atoms with Crippen molar-refractivity contribution in [1.29, 1.82) is 0 Å². The zero-order chi connectivity index (χ0) is 30.3. The van der Waals surface area contributed by atoms with Crippen LogP contribution in [0.5, 0.6) is 0 Å². The average Bonchev–Trinajstić information content (AvgIpc) is 3.71. The number of carbonyl (C=O) groups is 2. The summed E-state index contributed by atoms with van der Waals surface area (Å²) in [4.78, 5) is 37.8. The molecule has 1 aromatic heterocycles. The Kier molecular flexibility index (Phi) is 7.87. The number of fused-ring (bicyclic) bond motifs is 1. The highest BCUT2D eigenvalue weighted by molar-refractivity contribution is 6.22. The molecule has 2 aromatic carbocycles. The molecule has 43 heavy (non-hydrogen) atoms. The molecule has 224 valence electrons. The molecule has 2 aliphatic heterocycles. The molecule has 0 bridgehead atoms. The van der Waals surface area contributed by atoms with E-state index in [4.69, 9.17) is 0 Å². The third-order valence-electron chi connectivity index (χ3n) is 8.77. The summed E-state index contributed by atoms with van der Waals surface area (Å²) in [6, 6.07) is 13.8. The largest absolute Gasteiger partial charge is 0.344 e. The number of nitrogens with zero attached hydrogens (tertiary/aromatic N) is 4. The Hall–Kier alpha value is -3.95. The minimum absolute atomic E-state index is 0.0209. The third kappa shape index (κ3) is 6.10. The number of anilines is 1. The topological polar surface area (TPSA) is 68.8 Å². The van der Waals surface area contributed by atoms with E-state index in [2.05, 4.69) is 40.9 Å². The summed E-state index contributed by atoms with van der Waals surface area (Å²) in [5.41, 5.74) is 3.40. The van der Waals surface area contributed by atoms with Crippen LogP contribution >= 0.6 is 0 Å². The SMILES string of the molecule is CC(C)(C)N1CCN(CC2=C(C(=O)N[C@H](c3cccc(F)c3)C3CC3=O)c3cccc(F)c3CN2c2cccnc2)CC1. The van der Waals surface area contributed by atoms with Crippen LogP contribution in [0, 0.1) is 17.6 Å². The van der Waals surface area contributed by atoms with Gasteiger partial charge in [0.15, 0.2) is 0 Å². The normalized spacial score (nSPS) is 20.2. The van der Waals surface area contributed by atoms with Gasteiger partial charge < -0.3 is 10.2 Å². The van der Waals surface area contributed by atoms with Gasteiger partial charge in [-0.25, -0.2) is 8.78 Å². The molecule has 0 spiro atoms. The molecule has 1 saturated carbocycles. The zero-order valence-corrected chi connectivity index (χ0v) is 24.8. The lowest BCUT2D eigenvalue weighted by atomic mass is 9.90. The highest BCUT2D eigenvalue weighted by Gasteiger charge is 2.44. The van der Waals surface area contributed by atoms with Gasteiger partial charge in [0.25, 0.3) is 5.91 Å². The summed E-state index contributed by atoms with van der Waals surface area (Å²) in [6.07, 6.45) is 3.72. The van der Waals surface area contributed by atoms with Gasteiger partial charge in [-0.2, -0.15) is 0 Å². The molecule has 6 rings (SSSR count). The van der Waals surface area contributed by atoms with Gasteiger partial charge >= 0.3 is 0 Å². The molecular formula is C34H37F2N5O2. The predicted molar refractivity (Wildman–Crippen MR) is 162 cm³/mol. The molecule has 3 aliphatic rings. The maximum atomic E-state index is 15.4. The van der Waals surface area contributed by atoms with E-state index in [9.17, 15) is 14.0 Å². The number of pyridine rings is 1. The first kappa shape index (κ1) is 29.1. The summed E-state index contributed by atoms with van der Waals surface area (Å²) < 4.78 is 29.6. The first-order valence-electron chi connectivity index (χ1n) is 14.8. The molecule has 7 nitrogen and oxygen atoms in total. The fourth-order valence-electron chi connectivity index (χ4n) is 6.26. The highest BCUT2D eigenvalue weighted by Crippen LogP contribution is 2.40. The van der Waals surface area contributed by atoms with Gasteiger partial charge in [0.05, 0.1) is 30.0 Å². The molecule has 2 fully saturated rings. The Morgan fingerprint density at radius 1 is 1.05 bits per heavy atom. The van der Waals surface area contributed by atoms with Crippen molar-refractivity contribution in [2.45, 2.75) is 45.3 Å². The van der Waals surface area contributed by atoms with Crippen LogP contribution in [-0.4, -0.2) is 64.7 Å². The van der Waals surface area contributed by atoms with Gasteiger partial charge in [-0.3, -0.25) is 24.4 Å². The number of piperazine rings is 1. The summed E-state index contributed by atoms with van der Waals surface area (Å²) in [7, 11) is 0. The third-order valence-corrected chi connectivity index (χ3v) is 8.77. The number of hydrogen-bond donors (Lipinski definition) is 1. The number of rotatable bonds is 7. The summed E-state index contributed by atoms with van der Waals surface area (Å²) in [6.45, 7) is 10.8. The van der Waals surface area contributed by atoms with Crippen LogP contribution in [-0.2, 0) is 16.1 Å². The quantitative estimate of drug-likeness (QED) is 0.423. The maximum Gasteiger partial charge on any atom is 0.254 e. The number of nitrogens with one attached hydrogen (secondary N) is 1. The van der Waals surface area contributed by atoms with E-state index in [-0.39, 0.29) is 17.9 Å². The van der Waals surface area contributed by atoms with Crippen molar-refractivity contribution in [2.24, 2.45) is 5.92 Å². The Balaban J connectivity index is 1.43. The molecular weight excluding hydrogens is 548 g/mol. The van der Waals surface area contributed by atoms with Crippen LogP contribution in [0.4, 0.5) is 14.5 Å². The number of halogens is 2. The van der Waals surface area contributed by atoms with Gasteiger partial charge in [-0.1, -0.05) is 24.3 Å². The molecule has 0 radical (unpaired) electrons. The van der Waals surface area contributed by atoms with E-state index < -0.39 is 29.5 Å². The average molecular weight is 586 g/mol. The van der Waals surface area contributed by atoms with E-state index in [0.717, 1.165) is 37.6 Å². The molecule has 1 amide bonds. The van der Waals surface area contributed by atoms with Gasteiger partial charge in [0.2, 0.25) is 0 Å². The van der Waals surface area contributed by atoms with E-state index >= 15 is 4.39 Å². The molecule has 1 N–H and O–H groups in total. The molecule has 1 saturated heterocycles. The summed E-state index contributed by atoms with van der Waals surface area (Å²) in [5, 5.41) is 3.07. The summed E-state index contributed by atoms with van der Waals surface area (Å²) >= 11 is 0. The van der Waals surface area contributed by atoms with Crippen LogP contribution in [0.1, 0.15) is 49.9 Å². The van der Waals surface area contributed by atoms with Crippen LogP contribution in [0.15, 0.2) is 72.7 Å². The van der Waals surface area contributed by atoms with E-state index in [1.807, 2.05) is 17.0 Å². The Morgan fingerprint density at radius 3 is 2.44 bits per heavy atom. The summed E-state index contributed by atoms with van der Waals surface area (Å²) in [5.74, 6) is -1.66. The highest BCUT2D eigenvalue weighted by atomic mass is 19.1. The first-order valence-corrected chi connectivity index (χ1v) is 14.8. The van der Waals surface area contributed by atoms with Gasteiger partial charge in [-0.15, -0.1) is 0 Å².